The predicted molar refractivity (Wildman–Crippen MR) is 86.7 cm³/mol. The number of nitrogens with zero attached hydrogens (tertiary/aromatic N) is 1. The molecule has 1 aromatic rings. The van der Waals surface area contributed by atoms with Crippen molar-refractivity contribution in [3.05, 3.63) is 23.3 Å². The lowest BCUT2D eigenvalue weighted by molar-refractivity contribution is 0.300. The lowest BCUT2D eigenvalue weighted by atomic mass is 9.89. The van der Waals surface area contributed by atoms with E-state index in [-0.39, 0.29) is 0 Å². The van der Waals surface area contributed by atoms with E-state index in [1.807, 2.05) is 13.8 Å². The molecule has 0 bridgehead atoms. The summed E-state index contributed by atoms with van der Waals surface area (Å²) in [6.45, 7) is 4.41. The van der Waals surface area contributed by atoms with Crippen LogP contribution < -0.4 is 5.73 Å². The molecule has 21 heavy (non-hydrogen) atoms. The average Bonchev–Trinajstić information content (AvgIpc) is 2.45. The fourth-order valence-electron chi connectivity index (χ4n) is 3.01. The van der Waals surface area contributed by atoms with Crippen LogP contribution in [0.5, 0.6) is 0 Å². The molecule has 0 amide bonds. The van der Waals surface area contributed by atoms with Gasteiger partial charge in [-0.1, -0.05) is 19.3 Å². The summed E-state index contributed by atoms with van der Waals surface area (Å²) >= 11 is 0. The van der Waals surface area contributed by atoms with Gasteiger partial charge in [-0.15, -0.1) is 0 Å². The van der Waals surface area contributed by atoms with Crippen molar-refractivity contribution in [2.45, 2.75) is 50.8 Å². The van der Waals surface area contributed by atoms with Gasteiger partial charge in [-0.3, -0.25) is 0 Å². The zero-order valence-electron chi connectivity index (χ0n) is 13.2. The van der Waals surface area contributed by atoms with Crippen LogP contribution in [-0.4, -0.2) is 26.3 Å². The molecule has 2 N–H and O–H groups in total. The molecule has 0 heterocycles. The largest absolute Gasteiger partial charge is 0.398 e. The average molecular weight is 310 g/mol. The van der Waals surface area contributed by atoms with Crippen LogP contribution in [0, 0.1) is 19.8 Å². The van der Waals surface area contributed by atoms with Gasteiger partial charge in [0.2, 0.25) is 10.0 Å². The quantitative estimate of drug-likeness (QED) is 0.869. The van der Waals surface area contributed by atoms with Crippen molar-refractivity contribution in [2.75, 3.05) is 19.3 Å². The molecule has 0 atom stereocenters. The van der Waals surface area contributed by atoms with E-state index in [4.69, 9.17) is 5.73 Å². The number of rotatable bonds is 4. The van der Waals surface area contributed by atoms with Crippen LogP contribution in [0.2, 0.25) is 0 Å². The van der Waals surface area contributed by atoms with Gasteiger partial charge >= 0.3 is 0 Å². The van der Waals surface area contributed by atoms with Gasteiger partial charge in [0.15, 0.2) is 0 Å². The fraction of sp³-hybridized carbons (Fsp3) is 0.625. The van der Waals surface area contributed by atoms with Gasteiger partial charge in [0.05, 0.1) is 4.90 Å². The van der Waals surface area contributed by atoms with Crippen LogP contribution >= 0.6 is 0 Å². The molecule has 1 saturated carbocycles. The summed E-state index contributed by atoms with van der Waals surface area (Å²) in [6.07, 6.45) is 5.98. The molecule has 0 saturated heterocycles. The van der Waals surface area contributed by atoms with Crippen molar-refractivity contribution in [3.63, 3.8) is 0 Å². The van der Waals surface area contributed by atoms with E-state index in [0.717, 1.165) is 24.0 Å². The van der Waals surface area contributed by atoms with Crippen molar-refractivity contribution < 1.29 is 8.42 Å². The highest BCUT2D eigenvalue weighted by Gasteiger charge is 2.25. The Labute approximate surface area is 128 Å². The van der Waals surface area contributed by atoms with E-state index in [0.29, 0.717) is 23.0 Å². The lowest BCUT2D eigenvalue weighted by Crippen LogP contribution is -2.32. The second-order valence-electron chi connectivity index (χ2n) is 6.24. The second-order valence-corrected chi connectivity index (χ2v) is 8.29. The normalized spacial score (nSPS) is 17.3. The zero-order chi connectivity index (χ0) is 15.6. The molecule has 0 aliphatic heterocycles. The smallest absolute Gasteiger partial charge is 0.242 e. The molecule has 0 unspecified atom stereocenters. The second kappa shape index (κ2) is 6.36. The number of hydrogen-bond acceptors (Lipinski definition) is 3. The minimum absolute atomic E-state index is 0.307. The van der Waals surface area contributed by atoms with Gasteiger partial charge in [-0.25, -0.2) is 12.7 Å². The summed E-state index contributed by atoms with van der Waals surface area (Å²) < 4.78 is 26.9. The summed E-state index contributed by atoms with van der Waals surface area (Å²) in [5.74, 6) is 0.488. The van der Waals surface area contributed by atoms with Crippen molar-refractivity contribution in [2.24, 2.45) is 5.92 Å². The number of nitrogen functional groups attached to an aromatic ring is 1. The number of hydrogen-bond donors (Lipinski definition) is 1. The van der Waals surface area contributed by atoms with E-state index in [9.17, 15) is 8.42 Å². The number of aryl methyl sites for hydroxylation is 1. The summed E-state index contributed by atoms with van der Waals surface area (Å²) in [6, 6.07) is 3.30. The van der Waals surface area contributed by atoms with Gasteiger partial charge < -0.3 is 5.73 Å². The summed E-state index contributed by atoms with van der Waals surface area (Å²) in [5.41, 5.74) is 8.33. The molecule has 1 aliphatic carbocycles. The SMILES string of the molecule is Cc1cc(S(=O)(=O)N(C)CC2CCCCC2)cc(N)c1C. The van der Waals surface area contributed by atoms with Crippen molar-refractivity contribution >= 4 is 15.7 Å². The van der Waals surface area contributed by atoms with Gasteiger partial charge in [-0.2, -0.15) is 0 Å². The Kier molecular flexibility index (Phi) is 4.94. The third kappa shape index (κ3) is 3.58. The molecule has 1 aliphatic rings. The molecule has 1 fully saturated rings. The van der Waals surface area contributed by atoms with Crippen LogP contribution in [0.1, 0.15) is 43.2 Å². The molecular formula is C16H26N2O2S. The molecule has 4 nitrogen and oxygen atoms in total. The number of nitrogens with two attached hydrogens (primary N) is 1. The highest BCUT2D eigenvalue weighted by Crippen LogP contribution is 2.27. The Morgan fingerprint density at radius 3 is 2.38 bits per heavy atom. The predicted octanol–water partition coefficient (Wildman–Crippen LogP) is 3.09. The third-order valence-corrected chi connectivity index (χ3v) is 6.43. The maximum absolute atomic E-state index is 12.7. The Balaban J connectivity index is 2.20. The van der Waals surface area contributed by atoms with Crippen LogP contribution in [0.15, 0.2) is 17.0 Å². The minimum Gasteiger partial charge on any atom is -0.398 e. The molecular weight excluding hydrogens is 284 g/mol. The molecule has 5 heteroatoms. The van der Waals surface area contributed by atoms with Gasteiger partial charge in [0.25, 0.3) is 0 Å². The van der Waals surface area contributed by atoms with Crippen molar-refractivity contribution in [3.8, 4) is 0 Å². The van der Waals surface area contributed by atoms with Crippen LogP contribution in [0.25, 0.3) is 0 Å². The Bertz CT molecular complexity index is 582. The third-order valence-electron chi connectivity index (χ3n) is 4.63. The number of anilines is 1. The first-order chi connectivity index (χ1) is 9.82. The first-order valence-corrected chi connectivity index (χ1v) is 9.09. The summed E-state index contributed by atoms with van der Waals surface area (Å²) in [4.78, 5) is 0.307. The summed E-state index contributed by atoms with van der Waals surface area (Å²) in [5, 5.41) is 0. The van der Waals surface area contributed by atoms with E-state index in [1.54, 1.807) is 19.2 Å². The van der Waals surface area contributed by atoms with Crippen molar-refractivity contribution in [1.82, 2.24) is 4.31 Å². The standard InChI is InChI=1S/C16H26N2O2S/c1-12-9-15(10-16(17)13(12)2)21(19,20)18(3)11-14-7-5-4-6-8-14/h9-10,14H,4-8,11,17H2,1-3H3. The van der Waals surface area contributed by atoms with Gasteiger partial charge in [-0.05, 0) is 55.9 Å². The highest BCUT2D eigenvalue weighted by atomic mass is 32.2. The fourth-order valence-corrected chi connectivity index (χ4v) is 4.38. The minimum atomic E-state index is -3.45. The maximum Gasteiger partial charge on any atom is 0.242 e. The zero-order valence-corrected chi connectivity index (χ0v) is 14.0. The first kappa shape index (κ1) is 16.3. The maximum atomic E-state index is 12.7. The van der Waals surface area contributed by atoms with E-state index in [2.05, 4.69) is 0 Å². The van der Waals surface area contributed by atoms with E-state index >= 15 is 0 Å². The van der Waals surface area contributed by atoms with Gasteiger partial charge in [0.1, 0.15) is 0 Å². The van der Waals surface area contributed by atoms with Crippen LogP contribution in [0.4, 0.5) is 5.69 Å². The first-order valence-electron chi connectivity index (χ1n) is 7.65. The van der Waals surface area contributed by atoms with Crippen molar-refractivity contribution in [1.29, 1.82) is 0 Å². The van der Waals surface area contributed by atoms with Gasteiger partial charge in [0, 0.05) is 19.3 Å². The topological polar surface area (TPSA) is 63.4 Å². The monoisotopic (exact) mass is 310 g/mol. The molecule has 0 aromatic heterocycles. The molecule has 118 valence electrons. The number of benzene rings is 1. The van der Waals surface area contributed by atoms with Crippen LogP contribution in [-0.2, 0) is 10.0 Å². The lowest BCUT2D eigenvalue weighted by Gasteiger charge is -2.26. The highest BCUT2D eigenvalue weighted by molar-refractivity contribution is 7.89. The Morgan fingerprint density at radius 2 is 1.81 bits per heavy atom. The molecule has 0 radical (unpaired) electrons. The molecule has 1 aromatic carbocycles. The summed E-state index contributed by atoms with van der Waals surface area (Å²) in [7, 11) is -1.77. The molecule has 0 spiro atoms. The van der Waals surface area contributed by atoms with E-state index < -0.39 is 10.0 Å². The Hall–Kier alpha value is -1.07. The van der Waals surface area contributed by atoms with Crippen LogP contribution in [0.3, 0.4) is 0 Å². The molecule has 2 rings (SSSR count). The van der Waals surface area contributed by atoms with E-state index in [1.165, 1.54) is 23.6 Å². The number of sulfonamides is 1. The Morgan fingerprint density at radius 1 is 1.19 bits per heavy atom.